The highest BCUT2D eigenvalue weighted by Crippen LogP contribution is 2.29. The Hall–Kier alpha value is -1.47. The van der Waals surface area contributed by atoms with Crippen molar-refractivity contribution in [2.45, 2.75) is 17.7 Å². The van der Waals surface area contributed by atoms with Gasteiger partial charge in [0.15, 0.2) is 0 Å². The summed E-state index contributed by atoms with van der Waals surface area (Å²) in [5.41, 5.74) is 0.634. The Kier molecular flexibility index (Phi) is 3.16. The predicted octanol–water partition coefficient (Wildman–Crippen LogP) is 3.08. The van der Waals surface area contributed by atoms with E-state index in [0.29, 0.717) is 11.5 Å². The number of rotatable bonds is 2. The minimum absolute atomic E-state index is 0.103. The summed E-state index contributed by atoms with van der Waals surface area (Å²) in [5, 5.41) is 10.8. The van der Waals surface area contributed by atoms with Crippen LogP contribution in [0.15, 0.2) is 23.1 Å². The van der Waals surface area contributed by atoms with Crippen LogP contribution in [0.2, 0.25) is 0 Å². The molecule has 1 fully saturated rings. The lowest BCUT2D eigenvalue weighted by atomic mass is 10.2. The van der Waals surface area contributed by atoms with Crippen LogP contribution in [0.5, 0.6) is 0 Å². The molecule has 0 N–H and O–H groups in total. The summed E-state index contributed by atoms with van der Waals surface area (Å²) in [6.45, 7) is 0. The molecule has 1 aromatic carbocycles. The molecule has 0 unspecified atom stereocenters. The Labute approximate surface area is 98.4 Å². The molecule has 0 amide bonds. The number of nitrogens with zero attached hydrogens (tertiary/aromatic N) is 1. The fraction of sp³-hybridized carbons (Fsp3) is 0.333. The highest BCUT2D eigenvalue weighted by Gasteiger charge is 2.18. The third-order valence-electron chi connectivity index (χ3n) is 2.39. The van der Waals surface area contributed by atoms with Crippen LogP contribution in [0, 0.1) is 27.9 Å². The molecular formula is C12H11NO2S. The van der Waals surface area contributed by atoms with Crippen molar-refractivity contribution < 1.29 is 4.92 Å². The first-order chi connectivity index (χ1) is 7.70. The SMILES string of the molecule is CSc1ccc([N+](=O)[O-])c(C#CC2CC2)c1. The molecule has 1 aliphatic rings. The average Bonchev–Trinajstić information content (AvgIpc) is 3.09. The Morgan fingerprint density at radius 1 is 1.50 bits per heavy atom. The van der Waals surface area contributed by atoms with E-state index in [2.05, 4.69) is 11.8 Å². The standard InChI is InChI=1S/C12H11NO2S/c1-16-11-6-7-12(13(14)15)10(8-11)5-4-9-2-3-9/h6-9H,2-3H2,1H3. The molecule has 0 heterocycles. The van der Waals surface area contributed by atoms with Crippen LogP contribution in [0.25, 0.3) is 0 Å². The summed E-state index contributed by atoms with van der Waals surface area (Å²) in [7, 11) is 0. The summed E-state index contributed by atoms with van der Waals surface area (Å²) in [6, 6.07) is 5.08. The van der Waals surface area contributed by atoms with E-state index in [0.717, 1.165) is 17.7 Å². The summed E-state index contributed by atoms with van der Waals surface area (Å²) in [4.78, 5) is 11.4. The quantitative estimate of drug-likeness (QED) is 0.341. The van der Waals surface area contributed by atoms with Crippen molar-refractivity contribution >= 4 is 17.4 Å². The molecule has 0 bridgehead atoms. The van der Waals surface area contributed by atoms with Gasteiger partial charge in [0.25, 0.3) is 5.69 Å². The van der Waals surface area contributed by atoms with Crippen LogP contribution < -0.4 is 0 Å². The maximum Gasteiger partial charge on any atom is 0.285 e. The van der Waals surface area contributed by atoms with Gasteiger partial charge in [0, 0.05) is 16.9 Å². The number of hydrogen-bond donors (Lipinski definition) is 0. The van der Waals surface area contributed by atoms with E-state index in [-0.39, 0.29) is 10.6 Å². The number of nitro groups is 1. The van der Waals surface area contributed by atoms with E-state index >= 15 is 0 Å². The molecule has 0 atom stereocenters. The molecule has 0 aromatic heterocycles. The highest BCUT2D eigenvalue weighted by atomic mass is 32.2. The molecule has 16 heavy (non-hydrogen) atoms. The number of benzene rings is 1. The Balaban J connectivity index is 2.37. The van der Waals surface area contributed by atoms with E-state index in [1.54, 1.807) is 23.9 Å². The summed E-state index contributed by atoms with van der Waals surface area (Å²) < 4.78 is 0. The largest absolute Gasteiger partial charge is 0.285 e. The molecule has 4 heteroatoms. The molecule has 1 aromatic rings. The smallest absolute Gasteiger partial charge is 0.258 e. The van der Waals surface area contributed by atoms with Gasteiger partial charge in [-0.25, -0.2) is 0 Å². The second kappa shape index (κ2) is 4.58. The third-order valence-corrected chi connectivity index (χ3v) is 3.11. The van der Waals surface area contributed by atoms with Crippen LogP contribution in [0.4, 0.5) is 5.69 Å². The van der Waals surface area contributed by atoms with Gasteiger partial charge >= 0.3 is 0 Å². The summed E-state index contributed by atoms with van der Waals surface area (Å²) in [5.74, 6) is 6.44. The number of hydrogen-bond acceptors (Lipinski definition) is 3. The molecule has 1 saturated carbocycles. The average molecular weight is 233 g/mol. The Morgan fingerprint density at radius 3 is 2.81 bits per heavy atom. The number of nitro benzene ring substituents is 1. The fourth-order valence-corrected chi connectivity index (χ4v) is 1.75. The minimum atomic E-state index is -0.374. The molecule has 1 aliphatic carbocycles. The van der Waals surface area contributed by atoms with Crippen molar-refractivity contribution in [3.8, 4) is 11.8 Å². The topological polar surface area (TPSA) is 43.1 Å². The van der Waals surface area contributed by atoms with Gasteiger partial charge in [-0.05, 0) is 31.2 Å². The number of thioether (sulfide) groups is 1. The van der Waals surface area contributed by atoms with E-state index in [1.165, 1.54) is 6.07 Å². The van der Waals surface area contributed by atoms with Gasteiger partial charge in [-0.2, -0.15) is 0 Å². The maximum absolute atomic E-state index is 10.8. The van der Waals surface area contributed by atoms with E-state index < -0.39 is 0 Å². The van der Waals surface area contributed by atoms with Crippen LogP contribution in [-0.4, -0.2) is 11.2 Å². The van der Waals surface area contributed by atoms with Crippen LogP contribution in [0.1, 0.15) is 18.4 Å². The van der Waals surface area contributed by atoms with Gasteiger partial charge in [-0.15, -0.1) is 11.8 Å². The normalized spacial score (nSPS) is 14.1. The van der Waals surface area contributed by atoms with Gasteiger partial charge in [0.2, 0.25) is 0 Å². The predicted molar refractivity (Wildman–Crippen MR) is 64.5 cm³/mol. The van der Waals surface area contributed by atoms with Gasteiger partial charge in [0.1, 0.15) is 5.56 Å². The van der Waals surface area contributed by atoms with Crippen LogP contribution >= 0.6 is 11.8 Å². The molecule has 2 rings (SSSR count). The zero-order chi connectivity index (χ0) is 11.5. The van der Waals surface area contributed by atoms with E-state index in [1.807, 2.05) is 6.26 Å². The zero-order valence-electron chi connectivity index (χ0n) is 8.90. The minimum Gasteiger partial charge on any atom is -0.258 e. The summed E-state index contributed by atoms with van der Waals surface area (Å²) >= 11 is 1.56. The zero-order valence-corrected chi connectivity index (χ0v) is 9.71. The van der Waals surface area contributed by atoms with Crippen molar-refractivity contribution in [3.05, 3.63) is 33.9 Å². The fourth-order valence-electron chi connectivity index (χ4n) is 1.31. The second-order valence-electron chi connectivity index (χ2n) is 3.68. The molecular weight excluding hydrogens is 222 g/mol. The first-order valence-corrected chi connectivity index (χ1v) is 6.27. The lowest BCUT2D eigenvalue weighted by Gasteiger charge is -1.98. The molecule has 82 valence electrons. The van der Waals surface area contributed by atoms with Crippen molar-refractivity contribution in [1.29, 1.82) is 0 Å². The molecule has 0 saturated heterocycles. The highest BCUT2D eigenvalue weighted by molar-refractivity contribution is 7.98. The van der Waals surface area contributed by atoms with Crippen molar-refractivity contribution in [1.82, 2.24) is 0 Å². The Morgan fingerprint density at radius 2 is 2.25 bits per heavy atom. The lowest BCUT2D eigenvalue weighted by Crippen LogP contribution is -1.92. The second-order valence-corrected chi connectivity index (χ2v) is 4.56. The van der Waals surface area contributed by atoms with E-state index in [9.17, 15) is 10.1 Å². The van der Waals surface area contributed by atoms with Gasteiger partial charge in [-0.3, -0.25) is 10.1 Å². The first-order valence-electron chi connectivity index (χ1n) is 5.04. The van der Waals surface area contributed by atoms with Crippen LogP contribution in [-0.2, 0) is 0 Å². The Bertz CT molecular complexity index is 484. The first kappa shape index (κ1) is 11.0. The van der Waals surface area contributed by atoms with Gasteiger partial charge < -0.3 is 0 Å². The lowest BCUT2D eigenvalue weighted by molar-refractivity contribution is -0.385. The van der Waals surface area contributed by atoms with E-state index in [4.69, 9.17) is 0 Å². The molecule has 0 radical (unpaired) electrons. The summed E-state index contributed by atoms with van der Waals surface area (Å²) in [6.07, 6.45) is 4.20. The third kappa shape index (κ3) is 2.56. The maximum atomic E-state index is 10.8. The van der Waals surface area contributed by atoms with Crippen molar-refractivity contribution in [3.63, 3.8) is 0 Å². The van der Waals surface area contributed by atoms with Gasteiger partial charge in [0.05, 0.1) is 4.92 Å². The van der Waals surface area contributed by atoms with Gasteiger partial charge in [-0.1, -0.05) is 11.8 Å². The molecule has 0 spiro atoms. The molecule has 0 aliphatic heterocycles. The monoisotopic (exact) mass is 233 g/mol. The van der Waals surface area contributed by atoms with Crippen molar-refractivity contribution in [2.75, 3.05) is 6.26 Å². The molecule has 3 nitrogen and oxygen atoms in total. The van der Waals surface area contributed by atoms with Crippen LogP contribution in [0.3, 0.4) is 0 Å². The van der Waals surface area contributed by atoms with Crippen molar-refractivity contribution in [2.24, 2.45) is 5.92 Å².